The zero-order valence-corrected chi connectivity index (χ0v) is 12.7. The maximum Gasteiger partial charge on any atom is 0.125 e. The standard InChI is InChI=1S/C14H14BrClN2O/c15-8-1-3-10-11(5-8)18(14(7-16)17-10)12-6-9-2-4-13(12)19-9/h1,3,5,9,12-13H,2,4,6-7H2. The molecule has 1 aromatic carbocycles. The monoisotopic (exact) mass is 340 g/mol. The largest absolute Gasteiger partial charge is 0.373 e. The van der Waals surface area contributed by atoms with Crippen LogP contribution in [0.4, 0.5) is 0 Å². The van der Waals surface area contributed by atoms with Gasteiger partial charge in [0, 0.05) is 4.47 Å². The Balaban J connectivity index is 1.89. The van der Waals surface area contributed by atoms with Crippen molar-refractivity contribution in [2.45, 2.75) is 43.4 Å². The molecule has 0 spiro atoms. The van der Waals surface area contributed by atoms with Crippen molar-refractivity contribution in [1.29, 1.82) is 0 Å². The third-order valence-corrected chi connectivity index (χ3v) is 4.98. The van der Waals surface area contributed by atoms with Crippen LogP contribution in [-0.4, -0.2) is 21.8 Å². The fourth-order valence-electron chi connectivity index (χ4n) is 3.46. The van der Waals surface area contributed by atoms with Gasteiger partial charge < -0.3 is 9.30 Å². The molecule has 2 fully saturated rings. The average molecular weight is 342 g/mol. The molecule has 100 valence electrons. The summed E-state index contributed by atoms with van der Waals surface area (Å²) in [5.41, 5.74) is 2.17. The lowest BCUT2D eigenvalue weighted by Crippen LogP contribution is -2.22. The highest BCUT2D eigenvalue weighted by Gasteiger charge is 2.42. The van der Waals surface area contributed by atoms with Gasteiger partial charge in [-0.2, -0.15) is 0 Å². The Labute approximate surface area is 125 Å². The van der Waals surface area contributed by atoms with E-state index in [4.69, 9.17) is 16.3 Å². The van der Waals surface area contributed by atoms with E-state index >= 15 is 0 Å². The first-order chi connectivity index (χ1) is 9.26. The van der Waals surface area contributed by atoms with Crippen LogP contribution in [0.1, 0.15) is 31.1 Å². The first-order valence-corrected chi connectivity index (χ1v) is 7.97. The minimum Gasteiger partial charge on any atom is -0.373 e. The van der Waals surface area contributed by atoms with Crippen molar-refractivity contribution in [3.63, 3.8) is 0 Å². The number of aromatic nitrogens is 2. The van der Waals surface area contributed by atoms with Gasteiger partial charge in [0.25, 0.3) is 0 Å². The Morgan fingerprint density at radius 1 is 1.42 bits per heavy atom. The van der Waals surface area contributed by atoms with Crippen molar-refractivity contribution in [1.82, 2.24) is 9.55 Å². The molecular weight excluding hydrogens is 328 g/mol. The van der Waals surface area contributed by atoms with E-state index in [1.165, 1.54) is 6.42 Å². The highest BCUT2D eigenvalue weighted by molar-refractivity contribution is 9.10. The molecule has 2 bridgehead atoms. The van der Waals surface area contributed by atoms with Crippen LogP contribution in [0.3, 0.4) is 0 Å². The summed E-state index contributed by atoms with van der Waals surface area (Å²) in [4.78, 5) is 4.66. The molecule has 3 heterocycles. The van der Waals surface area contributed by atoms with E-state index in [0.717, 1.165) is 34.2 Å². The number of halogens is 2. The van der Waals surface area contributed by atoms with Gasteiger partial charge in [-0.25, -0.2) is 4.98 Å². The van der Waals surface area contributed by atoms with Crippen LogP contribution in [0.25, 0.3) is 11.0 Å². The lowest BCUT2D eigenvalue weighted by atomic mass is 9.95. The van der Waals surface area contributed by atoms with Crippen LogP contribution in [0.5, 0.6) is 0 Å². The molecule has 0 N–H and O–H groups in total. The maximum atomic E-state index is 6.09. The molecule has 3 unspecified atom stereocenters. The lowest BCUT2D eigenvalue weighted by molar-refractivity contribution is 0.0940. The van der Waals surface area contributed by atoms with Crippen molar-refractivity contribution in [2.24, 2.45) is 0 Å². The molecule has 0 saturated carbocycles. The molecular formula is C14H14BrClN2O. The zero-order valence-electron chi connectivity index (χ0n) is 10.4. The van der Waals surface area contributed by atoms with Gasteiger partial charge in [0.1, 0.15) is 5.82 Å². The fraction of sp³-hybridized carbons (Fsp3) is 0.500. The minimum absolute atomic E-state index is 0.336. The summed E-state index contributed by atoms with van der Waals surface area (Å²) in [6, 6.07) is 6.59. The minimum atomic E-state index is 0.336. The zero-order chi connectivity index (χ0) is 13.0. The normalized spacial score (nSPS) is 29.5. The number of hydrogen-bond acceptors (Lipinski definition) is 2. The van der Waals surface area contributed by atoms with Gasteiger partial charge in [-0.1, -0.05) is 15.9 Å². The molecule has 2 saturated heterocycles. The van der Waals surface area contributed by atoms with Gasteiger partial charge in [0.05, 0.1) is 35.2 Å². The number of nitrogens with zero attached hydrogens (tertiary/aromatic N) is 2. The Kier molecular flexibility index (Phi) is 2.87. The Morgan fingerprint density at radius 2 is 2.32 bits per heavy atom. The second-order valence-electron chi connectivity index (χ2n) is 5.34. The Bertz CT molecular complexity index is 642. The summed E-state index contributed by atoms with van der Waals surface area (Å²) < 4.78 is 9.36. The number of fused-ring (bicyclic) bond motifs is 3. The molecule has 0 radical (unpaired) electrons. The molecule has 2 aromatic rings. The van der Waals surface area contributed by atoms with Crippen LogP contribution in [0.15, 0.2) is 22.7 Å². The summed E-state index contributed by atoms with van der Waals surface area (Å²) in [6.45, 7) is 0. The molecule has 0 amide bonds. The SMILES string of the molecule is ClCc1nc2ccc(Br)cc2n1C1CC2CCC1O2. The number of benzene rings is 1. The smallest absolute Gasteiger partial charge is 0.125 e. The first-order valence-electron chi connectivity index (χ1n) is 6.64. The second kappa shape index (κ2) is 4.47. The Hall–Kier alpha value is -0.580. The third-order valence-electron chi connectivity index (χ3n) is 4.25. The van der Waals surface area contributed by atoms with Crippen LogP contribution in [-0.2, 0) is 10.6 Å². The highest BCUT2D eigenvalue weighted by atomic mass is 79.9. The van der Waals surface area contributed by atoms with Crippen LogP contribution in [0.2, 0.25) is 0 Å². The van der Waals surface area contributed by atoms with Crippen LogP contribution in [0, 0.1) is 0 Å². The first kappa shape index (κ1) is 12.2. The number of alkyl halides is 1. The molecule has 3 nitrogen and oxygen atoms in total. The fourth-order valence-corrected chi connectivity index (χ4v) is 4.00. The van der Waals surface area contributed by atoms with Gasteiger partial charge >= 0.3 is 0 Å². The van der Waals surface area contributed by atoms with E-state index in [9.17, 15) is 0 Å². The summed E-state index contributed by atoms with van der Waals surface area (Å²) in [7, 11) is 0. The third kappa shape index (κ3) is 1.84. The van der Waals surface area contributed by atoms with Crippen molar-refractivity contribution < 1.29 is 4.74 Å². The summed E-state index contributed by atoms with van der Waals surface area (Å²) in [5.74, 6) is 1.40. The molecule has 2 aliphatic heterocycles. The Morgan fingerprint density at radius 3 is 3.00 bits per heavy atom. The van der Waals surface area contributed by atoms with E-state index in [2.05, 4.69) is 31.5 Å². The second-order valence-corrected chi connectivity index (χ2v) is 6.52. The topological polar surface area (TPSA) is 27.1 Å². The van der Waals surface area contributed by atoms with E-state index in [-0.39, 0.29) is 0 Å². The van der Waals surface area contributed by atoms with E-state index in [1.54, 1.807) is 0 Å². The summed E-state index contributed by atoms with van der Waals surface area (Å²) >= 11 is 9.63. The molecule has 1 aromatic heterocycles. The quantitative estimate of drug-likeness (QED) is 0.771. The molecule has 0 aliphatic carbocycles. The van der Waals surface area contributed by atoms with E-state index < -0.39 is 0 Å². The van der Waals surface area contributed by atoms with Crippen molar-refractivity contribution in [3.8, 4) is 0 Å². The number of imidazole rings is 1. The van der Waals surface area contributed by atoms with Crippen LogP contribution >= 0.6 is 27.5 Å². The van der Waals surface area contributed by atoms with E-state index in [1.807, 2.05) is 12.1 Å². The van der Waals surface area contributed by atoms with Crippen molar-refractivity contribution in [2.75, 3.05) is 0 Å². The van der Waals surface area contributed by atoms with Gasteiger partial charge in [-0.05, 0) is 37.5 Å². The number of rotatable bonds is 2. The number of hydrogen-bond donors (Lipinski definition) is 0. The van der Waals surface area contributed by atoms with Gasteiger partial charge in [0.2, 0.25) is 0 Å². The molecule has 5 heteroatoms. The molecule has 3 atom stereocenters. The lowest BCUT2D eigenvalue weighted by Gasteiger charge is -2.22. The maximum absolute atomic E-state index is 6.09. The van der Waals surface area contributed by atoms with Crippen molar-refractivity contribution >= 4 is 38.6 Å². The predicted molar refractivity (Wildman–Crippen MR) is 78.5 cm³/mol. The van der Waals surface area contributed by atoms with Crippen LogP contribution < -0.4 is 0 Å². The highest BCUT2D eigenvalue weighted by Crippen LogP contribution is 2.43. The van der Waals surface area contributed by atoms with Gasteiger partial charge in [-0.3, -0.25) is 0 Å². The molecule has 19 heavy (non-hydrogen) atoms. The molecule has 4 rings (SSSR count). The molecule has 2 aliphatic rings. The average Bonchev–Trinajstić information content (AvgIpc) is 3.10. The number of ether oxygens (including phenoxy) is 1. The predicted octanol–water partition coefficient (Wildman–Crippen LogP) is 4.03. The summed E-state index contributed by atoms with van der Waals surface area (Å²) in [5, 5.41) is 0. The van der Waals surface area contributed by atoms with Gasteiger partial charge in [0.15, 0.2) is 0 Å². The van der Waals surface area contributed by atoms with E-state index in [0.29, 0.717) is 24.1 Å². The van der Waals surface area contributed by atoms with Crippen molar-refractivity contribution in [3.05, 3.63) is 28.5 Å². The summed E-state index contributed by atoms with van der Waals surface area (Å²) in [6.07, 6.45) is 4.22. The van der Waals surface area contributed by atoms with Gasteiger partial charge in [-0.15, -0.1) is 11.6 Å².